The Balaban J connectivity index is 2.02. The molecule has 1 aromatic heterocycles. The average Bonchev–Trinajstić information content (AvgIpc) is 3.07. The normalized spacial score (nSPS) is 13.3. The molecule has 1 aromatic carbocycles. The standard InChI is InChI=1S/C21H26ClIN2O5/c1-21(2,3)29-16(26)12-15(18-17(23)19(30-25-18)20(22)24-27)10-7-11-28-13-14-8-5-4-6-9-14/h4-6,8-9,15,27H,7,10-13H2,1-3H3/b24-20-/t15-/m0/s1. The lowest BCUT2D eigenvalue weighted by molar-refractivity contribution is -0.155. The molecule has 1 atom stereocenters. The van der Waals surface area contributed by atoms with Gasteiger partial charge in [0.2, 0.25) is 10.9 Å². The third-order valence-electron chi connectivity index (χ3n) is 4.11. The maximum Gasteiger partial charge on any atom is 0.306 e. The van der Waals surface area contributed by atoms with Crippen molar-refractivity contribution in [1.82, 2.24) is 5.16 Å². The first-order chi connectivity index (χ1) is 14.2. The SMILES string of the molecule is CC(C)(C)OC(=O)C[C@H](CCCOCc1ccccc1)c1noc(/C(Cl)=N/O)c1I. The molecule has 0 bridgehead atoms. The lowest BCUT2D eigenvalue weighted by Gasteiger charge is -2.21. The Morgan fingerprint density at radius 2 is 2.03 bits per heavy atom. The molecule has 0 saturated heterocycles. The van der Waals surface area contributed by atoms with Crippen molar-refractivity contribution >= 4 is 45.3 Å². The number of carbonyl (C=O) groups excluding carboxylic acids is 1. The molecule has 0 amide bonds. The van der Waals surface area contributed by atoms with E-state index in [2.05, 4.69) is 10.3 Å². The smallest absolute Gasteiger partial charge is 0.306 e. The van der Waals surface area contributed by atoms with E-state index in [4.69, 9.17) is 30.8 Å². The highest BCUT2D eigenvalue weighted by Gasteiger charge is 2.28. The third kappa shape index (κ3) is 7.88. The van der Waals surface area contributed by atoms with Crippen LogP contribution in [0.3, 0.4) is 0 Å². The predicted molar refractivity (Wildman–Crippen MR) is 122 cm³/mol. The van der Waals surface area contributed by atoms with Gasteiger partial charge in [0.15, 0.2) is 0 Å². The van der Waals surface area contributed by atoms with E-state index in [0.29, 0.717) is 28.9 Å². The topological polar surface area (TPSA) is 94.2 Å². The molecule has 2 aromatic rings. The summed E-state index contributed by atoms with van der Waals surface area (Å²) in [5.41, 5.74) is 1.12. The summed E-state index contributed by atoms with van der Waals surface area (Å²) >= 11 is 7.89. The van der Waals surface area contributed by atoms with Gasteiger partial charge in [0.05, 0.1) is 16.6 Å². The number of esters is 1. The first-order valence-corrected chi connectivity index (χ1v) is 11.0. The van der Waals surface area contributed by atoms with Crippen molar-refractivity contribution in [3.8, 4) is 0 Å². The van der Waals surface area contributed by atoms with E-state index in [-0.39, 0.29) is 29.2 Å². The van der Waals surface area contributed by atoms with Gasteiger partial charge in [0, 0.05) is 12.5 Å². The van der Waals surface area contributed by atoms with Crippen LogP contribution in [0.15, 0.2) is 40.0 Å². The van der Waals surface area contributed by atoms with E-state index < -0.39 is 5.60 Å². The van der Waals surface area contributed by atoms with E-state index in [1.165, 1.54) is 0 Å². The second-order valence-corrected chi connectivity index (χ2v) is 9.21. The van der Waals surface area contributed by atoms with Crippen LogP contribution in [0, 0.1) is 3.57 Å². The summed E-state index contributed by atoms with van der Waals surface area (Å²) in [4.78, 5) is 12.4. The van der Waals surface area contributed by atoms with E-state index in [1.54, 1.807) is 0 Å². The number of oxime groups is 1. The predicted octanol–water partition coefficient (Wildman–Crippen LogP) is 5.47. The van der Waals surface area contributed by atoms with Crippen LogP contribution in [-0.2, 0) is 20.9 Å². The summed E-state index contributed by atoms with van der Waals surface area (Å²) in [7, 11) is 0. The molecule has 0 saturated carbocycles. The van der Waals surface area contributed by atoms with Crippen molar-refractivity contribution in [1.29, 1.82) is 0 Å². The quantitative estimate of drug-likeness (QED) is 0.106. The maximum atomic E-state index is 12.4. The first kappa shape index (κ1) is 24.6. The van der Waals surface area contributed by atoms with Gasteiger partial charge in [0.1, 0.15) is 11.3 Å². The number of benzene rings is 1. The summed E-state index contributed by atoms with van der Waals surface area (Å²) in [6, 6.07) is 9.93. The van der Waals surface area contributed by atoms with Crippen molar-refractivity contribution < 1.29 is 24.0 Å². The molecule has 1 N–H and O–H groups in total. The fourth-order valence-electron chi connectivity index (χ4n) is 2.83. The van der Waals surface area contributed by atoms with Gasteiger partial charge < -0.3 is 19.2 Å². The number of nitrogens with zero attached hydrogens (tertiary/aromatic N) is 2. The lowest BCUT2D eigenvalue weighted by Crippen LogP contribution is -2.25. The fourth-order valence-corrected chi connectivity index (χ4v) is 4.02. The molecular weight excluding hydrogens is 523 g/mol. The van der Waals surface area contributed by atoms with Crippen LogP contribution >= 0.6 is 34.2 Å². The van der Waals surface area contributed by atoms with Crippen LogP contribution in [0.2, 0.25) is 0 Å². The van der Waals surface area contributed by atoms with Crippen LogP contribution in [0.1, 0.15) is 63.0 Å². The molecule has 164 valence electrons. The van der Waals surface area contributed by atoms with E-state index in [0.717, 1.165) is 12.0 Å². The molecule has 0 aliphatic carbocycles. The molecule has 9 heteroatoms. The molecule has 0 aliphatic heterocycles. The molecule has 0 spiro atoms. The molecular formula is C21H26ClIN2O5. The van der Waals surface area contributed by atoms with Gasteiger partial charge in [-0.2, -0.15) is 0 Å². The summed E-state index contributed by atoms with van der Waals surface area (Å²) in [5, 5.41) is 15.7. The zero-order valence-electron chi connectivity index (χ0n) is 17.2. The number of halogens is 2. The monoisotopic (exact) mass is 548 g/mol. The van der Waals surface area contributed by atoms with Gasteiger partial charge in [0.25, 0.3) is 0 Å². The Bertz CT molecular complexity index is 849. The van der Waals surface area contributed by atoms with Gasteiger partial charge in [-0.05, 0) is 61.8 Å². The molecule has 2 rings (SSSR count). The molecule has 0 radical (unpaired) electrons. The number of hydrogen-bond donors (Lipinski definition) is 1. The zero-order valence-corrected chi connectivity index (χ0v) is 20.1. The highest BCUT2D eigenvalue weighted by Crippen LogP contribution is 2.32. The Labute approximate surface area is 194 Å². The maximum absolute atomic E-state index is 12.4. The molecule has 30 heavy (non-hydrogen) atoms. The van der Waals surface area contributed by atoms with Gasteiger partial charge >= 0.3 is 5.97 Å². The summed E-state index contributed by atoms with van der Waals surface area (Å²) in [6.45, 7) is 6.55. The molecule has 0 unspecified atom stereocenters. The Morgan fingerprint density at radius 1 is 1.33 bits per heavy atom. The van der Waals surface area contributed by atoms with Gasteiger partial charge in [-0.1, -0.05) is 52.2 Å². The van der Waals surface area contributed by atoms with Crippen molar-refractivity contribution in [3.05, 3.63) is 50.9 Å². The lowest BCUT2D eigenvalue weighted by atomic mass is 9.95. The summed E-state index contributed by atoms with van der Waals surface area (Å²) in [6.07, 6.45) is 1.51. The number of aromatic nitrogens is 1. The van der Waals surface area contributed by atoms with Gasteiger partial charge in [-0.25, -0.2) is 0 Å². The minimum Gasteiger partial charge on any atom is -0.460 e. The summed E-state index contributed by atoms with van der Waals surface area (Å²) < 4.78 is 17.1. The highest BCUT2D eigenvalue weighted by atomic mass is 127. The fraction of sp³-hybridized carbons (Fsp3) is 0.476. The zero-order chi connectivity index (χ0) is 22.1. The minimum absolute atomic E-state index is 0.145. The summed E-state index contributed by atoms with van der Waals surface area (Å²) in [5.74, 6) is -0.392. The van der Waals surface area contributed by atoms with Gasteiger partial charge in [-0.15, -0.1) is 0 Å². The van der Waals surface area contributed by atoms with Crippen LogP contribution in [-0.4, -0.2) is 33.7 Å². The van der Waals surface area contributed by atoms with Crippen molar-refractivity contribution in [3.63, 3.8) is 0 Å². The van der Waals surface area contributed by atoms with E-state index >= 15 is 0 Å². The Morgan fingerprint density at radius 3 is 2.67 bits per heavy atom. The Hall–Kier alpha value is -1.65. The van der Waals surface area contributed by atoms with Crippen molar-refractivity contribution in [2.24, 2.45) is 5.16 Å². The second-order valence-electron chi connectivity index (χ2n) is 7.77. The first-order valence-electron chi connectivity index (χ1n) is 9.57. The van der Waals surface area contributed by atoms with Crippen LogP contribution < -0.4 is 0 Å². The number of ether oxygens (including phenoxy) is 2. The highest BCUT2D eigenvalue weighted by molar-refractivity contribution is 14.1. The Kier molecular flexibility index (Phi) is 9.57. The third-order valence-corrected chi connectivity index (χ3v) is 5.40. The van der Waals surface area contributed by atoms with Crippen molar-refractivity contribution in [2.75, 3.05) is 6.61 Å². The van der Waals surface area contributed by atoms with Gasteiger partial charge in [-0.3, -0.25) is 4.79 Å². The minimum atomic E-state index is -0.574. The van der Waals surface area contributed by atoms with E-state index in [9.17, 15) is 4.79 Å². The molecule has 0 aliphatic rings. The van der Waals surface area contributed by atoms with Crippen LogP contribution in [0.5, 0.6) is 0 Å². The number of carbonyl (C=O) groups is 1. The second kappa shape index (κ2) is 11.7. The molecule has 7 nitrogen and oxygen atoms in total. The van der Waals surface area contributed by atoms with E-state index in [1.807, 2.05) is 73.7 Å². The van der Waals surface area contributed by atoms with Crippen LogP contribution in [0.25, 0.3) is 0 Å². The number of rotatable bonds is 10. The van der Waals surface area contributed by atoms with Crippen molar-refractivity contribution in [2.45, 2.75) is 58.2 Å². The number of hydrogen-bond acceptors (Lipinski definition) is 7. The molecule has 0 fully saturated rings. The average molecular weight is 549 g/mol. The van der Waals surface area contributed by atoms with Crippen LogP contribution in [0.4, 0.5) is 0 Å². The molecule has 1 heterocycles. The largest absolute Gasteiger partial charge is 0.460 e.